The number of carbonyl (C=O) groups is 5. The van der Waals surface area contributed by atoms with Crippen molar-refractivity contribution in [1.29, 1.82) is 0 Å². The maximum absolute atomic E-state index is 14.4. The second kappa shape index (κ2) is 47.2. The van der Waals surface area contributed by atoms with E-state index in [1.54, 1.807) is 30.3 Å². The van der Waals surface area contributed by atoms with Gasteiger partial charge in [0.25, 0.3) is 0 Å². The third kappa shape index (κ3) is 30.7. The Labute approximate surface area is 786 Å². The molecule has 138 heavy (non-hydrogen) atoms. The highest BCUT2D eigenvalue weighted by atomic mass is 19.4. The Morgan fingerprint density at radius 2 is 0.457 bits per heavy atom. The normalized spacial score (nSPS) is 19.8. The molecule has 0 amide bonds. The number of esters is 5. The number of benzene rings is 10. The molecule has 0 spiro atoms. The van der Waals surface area contributed by atoms with Crippen molar-refractivity contribution >= 4 is 29.8 Å². The van der Waals surface area contributed by atoms with E-state index in [0.29, 0.717) is 71.9 Å². The van der Waals surface area contributed by atoms with Crippen molar-refractivity contribution in [3.63, 3.8) is 0 Å². The molecule has 0 radical (unpaired) electrons. The van der Waals surface area contributed by atoms with Crippen LogP contribution in [0.25, 0.3) is 0 Å². The van der Waals surface area contributed by atoms with Crippen LogP contribution in [0.3, 0.4) is 0 Å². The predicted molar refractivity (Wildman–Crippen MR) is 471 cm³/mol. The SMILES string of the molecule is CC1CCC(c2ccc(C(=O)Oc3cc(F)c(F)c(F)c3)c(F)c2)CC1.CC1CCC(c2ccc(C(=O)Oc3cc(F)c(OC(F)(F)F)c(F)c3)c(F)c2)CC1.CC1CCC(c2ccc(C(=O)Oc3ccc(F)c(F)c3)c(F)c2)CC1.CC1CCC(c2ccc(C(=O)Oc3ccc(OC(F)(F)F)c(F)c3)c(F)c2)CC1.CC1CCC(c2ccc(C(=O)Oc3ccc(OC(F)(F)F)cc3)c(F)c2)CC1.[HH].[HH].[HH].[HH].[HH]. The molecule has 0 aliphatic heterocycles. The van der Waals surface area contributed by atoms with Gasteiger partial charge in [0.2, 0.25) is 5.75 Å². The smallest absolute Gasteiger partial charge is 0.423 e. The van der Waals surface area contributed by atoms with Crippen LogP contribution < -0.4 is 37.9 Å². The maximum atomic E-state index is 14.4. The highest BCUT2D eigenvalue weighted by Gasteiger charge is 2.38. The fourth-order valence-electron chi connectivity index (χ4n) is 16.9. The minimum Gasteiger partial charge on any atom is -0.423 e. The van der Waals surface area contributed by atoms with Crippen LogP contribution in [-0.4, -0.2) is 48.9 Å². The summed E-state index contributed by atoms with van der Waals surface area (Å²) in [6, 6.07) is 32.6. The first-order chi connectivity index (χ1) is 65.1. The zero-order valence-corrected chi connectivity index (χ0v) is 74.8. The Hall–Kier alpha value is -12.6. The Kier molecular flexibility index (Phi) is 36.2. The molecule has 5 saturated carbocycles. The number of carbonyl (C=O) groups excluding carboxylic acids is 5. The second-order valence-corrected chi connectivity index (χ2v) is 35.1. The molecule has 13 nitrogen and oxygen atoms in total. The van der Waals surface area contributed by atoms with E-state index in [-0.39, 0.29) is 70.3 Å². The average molecular weight is 1970 g/mol. The van der Waals surface area contributed by atoms with Gasteiger partial charge in [0.15, 0.2) is 52.3 Å². The van der Waals surface area contributed by atoms with Crippen LogP contribution in [0, 0.1) is 105 Å². The van der Waals surface area contributed by atoms with Crippen LogP contribution in [0.4, 0.5) is 96.6 Å². The molecule has 35 heteroatoms. The van der Waals surface area contributed by atoms with Crippen molar-refractivity contribution < 1.29 is 166 Å². The van der Waals surface area contributed by atoms with E-state index in [0.717, 1.165) is 205 Å². The predicted octanol–water partition coefficient (Wildman–Crippen LogP) is 31.7. The van der Waals surface area contributed by atoms with E-state index >= 15 is 0 Å². The number of hydrogen-bond acceptors (Lipinski definition) is 13. The molecule has 15 rings (SSSR count). The van der Waals surface area contributed by atoms with Crippen LogP contribution in [-0.2, 0) is 0 Å². The Morgan fingerprint density at radius 1 is 0.225 bits per heavy atom. The van der Waals surface area contributed by atoms with E-state index in [1.807, 2.05) is 0 Å². The summed E-state index contributed by atoms with van der Waals surface area (Å²) < 4.78 is 323. The lowest BCUT2D eigenvalue weighted by Gasteiger charge is -2.26. The van der Waals surface area contributed by atoms with Gasteiger partial charge in [-0.15, -0.1) is 39.5 Å². The number of halogens is 22. The average Bonchev–Trinajstić information content (AvgIpc) is 0.797. The zero-order valence-electron chi connectivity index (χ0n) is 74.8. The van der Waals surface area contributed by atoms with Gasteiger partial charge in [-0.25, -0.2) is 81.0 Å². The van der Waals surface area contributed by atoms with Crippen LogP contribution in [0.1, 0.15) is 279 Å². The van der Waals surface area contributed by atoms with Gasteiger partial charge in [0.05, 0.1) is 27.8 Å². The highest BCUT2D eigenvalue weighted by molar-refractivity contribution is 5.94. The molecule has 5 aliphatic rings. The topological polar surface area (TPSA) is 159 Å². The Bertz CT molecular complexity index is 5890. The summed E-state index contributed by atoms with van der Waals surface area (Å²) in [7, 11) is 0. The van der Waals surface area contributed by atoms with Crippen LogP contribution in [0.5, 0.6) is 46.0 Å². The summed E-state index contributed by atoms with van der Waals surface area (Å²) in [5, 5.41) is 0. The quantitative estimate of drug-likeness (QED) is 0.0346. The molecular formula is C103H104F22O13. The molecule has 5 fully saturated rings. The van der Waals surface area contributed by atoms with Crippen molar-refractivity contribution in [3.05, 3.63) is 307 Å². The van der Waals surface area contributed by atoms with Crippen LogP contribution >= 0.6 is 0 Å². The minimum atomic E-state index is -5.30. The number of ether oxygens (including phenoxy) is 8. The lowest BCUT2D eigenvalue weighted by atomic mass is 9.79. The van der Waals surface area contributed by atoms with E-state index in [4.69, 9.17) is 23.7 Å². The summed E-state index contributed by atoms with van der Waals surface area (Å²) in [6.07, 6.45) is 5.32. The molecule has 10 aromatic carbocycles. The van der Waals surface area contributed by atoms with Crippen molar-refractivity contribution in [2.24, 2.45) is 29.6 Å². The van der Waals surface area contributed by atoms with Gasteiger partial charge in [-0.3, -0.25) is 0 Å². The largest absolute Gasteiger partial charge is 0.573 e. The first kappa shape index (κ1) is 106. The fraction of sp³-hybridized carbons (Fsp3) is 0.369. The second-order valence-electron chi connectivity index (χ2n) is 35.1. The minimum absolute atomic E-state index is 0. The third-order valence-corrected chi connectivity index (χ3v) is 24.8. The molecular weight excluding hydrogens is 1860 g/mol. The third-order valence-electron chi connectivity index (χ3n) is 24.8. The van der Waals surface area contributed by atoms with Gasteiger partial charge in [0, 0.05) is 43.5 Å². The molecule has 0 aromatic heterocycles. The number of alkyl halides is 9. The van der Waals surface area contributed by atoms with Crippen molar-refractivity contribution in [3.8, 4) is 46.0 Å². The molecule has 0 saturated heterocycles. The van der Waals surface area contributed by atoms with Gasteiger partial charge >= 0.3 is 48.9 Å². The van der Waals surface area contributed by atoms with E-state index in [2.05, 4.69) is 48.8 Å². The molecule has 0 heterocycles. The van der Waals surface area contributed by atoms with Crippen molar-refractivity contribution in [1.82, 2.24) is 0 Å². The highest BCUT2D eigenvalue weighted by Crippen LogP contribution is 2.44. The van der Waals surface area contributed by atoms with Gasteiger partial charge in [-0.2, -0.15) is 0 Å². The molecule has 5 aliphatic carbocycles. The Balaban J connectivity index is 0.000000271. The summed E-state index contributed by atoms with van der Waals surface area (Å²) >= 11 is 0. The molecule has 0 N–H and O–H groups in total. The summed E-state index contributed by atoms with van der Waals surface area (Å²) in [5.74, 6) is -21.0. The van der Waals surface area contributed by atoms with Crippen LogP contribution in [0.2, 0.25) is 0 Å². The fourth-order valence-corrected chi connectivity index (χ4v) is 16.9. The van der Waals surface area contributed by atoms with E-state index in [1.165, 1.54) is 60.7 Å². The standard InChI is InChI=1S/C21H18F6O3.C21H19F5O3.C21H20F4O3.C20H18F4O2.C20H19F3O2.5H2/c1-11-2-4-12(5-3-11)13-6-7-15(16(22)8-13)20(28)29-14-9-17(23)19(18(24)10-14)30-21(25,26)27;1-12-2-4-13(5-3-12)14-6-8-16(17(22)10-14)20(27)28-15-7-9-19(18(23)11-15)29-21(24,25)26;1-13-2-4-14(5-3-13)15-6-11-18(19(22)12-15)20(26)27-16-7-9-17(10-8-16)28-21(23,24)25;1-11-2-4-12(5-3-11)13-6-7-15(16(21)8-13)20(25)26-14-9-17(22)19(24)18(23)10-14;1-12-2-4-13(5-3-12)14-6-8-16(18(22)10-14)20(24)25-15-7-9-17(21)19(23)11-15;;;;;/h6-12H,2-5H2,1H3;6-13H,2-5H2,1H3;6-14H,2-5H2,1H3;6-12H,2-5H2,1H3;6-13H,2-5H2,1H3;5*1H. The summed E-state index contributed by atoms with van der Waals surface area (Å²) in [4.78, 5) is 60.7. The molecule has 0 bridgehead atoms. The summed E-state index contributed by atoms with van der Waals surface area (Å²) in [6.45, 7) is 11.0. The van der Waals surface area contributed by atoms with Crippen LogP contribution in [0.15, 0.2) is 176 Å². The number of rotatable bonds is 18. The summed E-state index contributed by atoms with van der Waals surface area (Å²) in [5.41, 5.74) is 2.55. The van der Waals surface area contributed by atoms with Gasteiger partial charge in [-0.1, -0.05) is 129 Å². The molecule has 10 aromatic rings. The number of hydrogen-bond donors (Lipinski definition) is 0. The monoisotopic (exact) mass is 1970 g/mol. The molecule has 0 atom stereocenters. The van der Waals surface area contributed by atoms with Gasteiger partial charge in [0.1, 0.15) is 63.6 Å². The van der Waals surface area contributed by atoms with E-state index < -0.39 is 159 Å². The van der Waals surface area contributed by atoms with Crippen molar-refractivity contribution in [2.45, 2.75) is 212 Å². The molecule has 0 unspecified atom stereocenters. The lowest BCUT2D eigenvalue weighted by molar-refractivity contribution is -0.277. The lowest BCUT2D eigenvalue weighted by Crippen LogP contribution is -2.19. The van der Waals surface area contributed by atoms with Gasteiger partial charge < -0.3 is 37.9 Å². The van der Waals surface area contributed by atoms with E-state index in [9.17, 15) is 121 Å². The Morgan fingerprint density at radius 3 is 0.717 bits per heavy atom. The van der Waals surface area contributed by atoms with Gasteiger partial charge in [-0.05, 0) is 260 Å². The maximum Gasteiger partial charge on any atom is 0.573 e. The zero-order chi connectivity index (χ0) is 100. The van der Waals surface area contributed by atoms with Crippen molar-refractivity contribution in [2.75, 3.05) is 0 Å². The first-order valence-electron chi connectivity index (χ1n) is 44.5. The molecule has 748 valence electrons. The first-order valence-corrected chi connectivity index (χ1v) is 44.5.